The van der Waals surface area contributed by atoms with Crippen molar-refractivity contribution in [3.63, 3.8) is 0 Å². The van der Waals surface area contributed by atoms with E-state index in [2.05, 4.69) is 26.3 Å². The predicted molar refractivity (Wildman–Crippen MR) is 84.9 cm³/mol. The Balaban J connectivity index is 1.84. The summed E-state index contributed by atoms with van der Waals surface area (Å²) in [5.74, 6) is 0.718. The minimum Gasteiger partial charge on any atom is -0.324 e. The molecule has 0 radical (unpaired) electrons. The number of nitrogens with zero attached hydrogens (tertiary/aromatic N) is 5. The van der Waals surface area contributed by atoms with Crippen LogP contribution in [0.5, 0.6) is 0 Å². The third-order valence-corrected chi connectivity index (χ3v) is 4.09. The molecule has 2 aromatic heterocycles. The first kappa shape index (κ1) is 14.9. The molecule has 7 heteroatoms. The van der Waals surface area contributed by atoms with Gasteiger partial charge in [0.15, 0.2) is 0 Å². The Morgan fingerprint density at radius 3 is 2.78 bits per heavy atom. The minimum absolute atomic E-state index is 0.184. The molecule has 7 nitrogen and oxygen atoms in total. The minimum atomic E-state index is -0.927. The van der Waals surface area contributed by atoms with E-state index in [4.69, 9.17) is 0 Å². The van der Waals surface area contributed by atoms with Crippen LogP contribution in [-0.4, -0.2) is 27.4 Å². The summed E-state index contributed by atoms with van der Waals surface area (Å²) < 4.78 is 0. The third kappa shape index (κ3) is 2.71. The predicted octanol–water partition coefficient (Wildman–Crippen LogP) is 2.27. The van der Waals surface area contributed by atoms with Gasteiger partial charge in [0.05, 0.1) is 6.07 Å². The van der Waals surface area contributed by atoms with Crippen LogP contribution in [0.1, 0.15) is 19.8 Å². The standard InChI is InChI=1S/C16H16N6O/c1-2-16(11-17)6-10-22(14(16)23)13-5-9-19-15(21-13)20-12-3-7-18-8-4-12/h3-5,7-9H,2,6,10H2,1H3,(H,18,19,20,21). The Morgan fingerprint density at radius 2 is 2.13 bits per heavy atom. The van der Waals surface area contributed by atoms with Gasteiger partial charge in [-0.25, -0.2) is 4.98 Å². The Morgan fingerprint density at radius 1 is 1.35 bits per heavy atom. The van der Waals surface area contributed by atoms with Gasteiger partial charge in [-0.1, -0.05) is 6.92 Å². The average molecular weight is 308 g/mol. The fraction of sp³-hybridized carbons (Fsp3) is 0.312. The maximum Gasteiger partial charge on any atom is 0.248 e. The number of rotatable bonds is 4. The van der Waals surface area contributed by atoms with Gasteiger partial charge in [0.25, 0.3) is 0 Å². The van der Waals surface area contributed by atoms with Crippen molar-refractivity contribution in [2.24, 2.45) is 5.41 Å². The van der Waals surface area contributed by atoms with Crippen molar-refractivity contribution in [1.82, 2.24) is 15.0 Å². The smallest absolute Gasteiger partial charge is 0.248 e. The van der Waals surface area contributed by atoms with E-state index in [1.54, 1.807) is 41.7 Å². The van der Waals surface area contributed by atoms with Crippen LogP contribution in [0.25, 0.3) is 0 Å². The van der Waals surface area contributed by atoms with Gasteiger partial charge in [-0.05, 0) is 31.0 Å². The van der Waals surface area contributed by atoms with Crippen molar-refractivity contribution >= 4 is 23.4 Å². The maximum atomic E-state index is 12.6. The van der Waals surface area contributed by atoms with Gasteiger partial charge in [-0.2, -0.15) is 10.2 Å². The topological polar surface area (TPSA) is 94.8 Å². The van der Waals surface area contributed by atoms with Gasteiger partial charge in [-0.3, -0.25) is 14.7 Å². The first-order valence-corrected chi connectivity index (χ1v) is 7.42. The lowest BCUT2D eigenvalue weighted by molar-refractivity contribution is -0.123. The van der Waals surface area contributed by atoms with Crippen molar-refractivity contribution < 1.29 is 4.79 Å². The second kappa shape index (κ2) is 6.01. The Labute approximate surface area is 134 Å². The number of aromatic nitrogens is 3. The van der Waals surface area contributed by atoms with Crippen molar-refractivity contribution in [3.05, 3.63) is 36.8 Å². The second-order valence-corrected chi connectivity index (χ2v) is 5.35. The summed E-state index contributed by atoms with van der Waals surface area (Å²) in [6.07, 6.45) is 5.96. The molecule has 1 N–H and O–H groups in total. The molecule has 1 aliphatic rings. The number of hydrogen-bond donors (Lipinski definition) is 1. The highest BCUT2D eigenvalue weighted by atomic mass is 16.2. The lowest BCUT2D eigenvalue weighted by Gasteiger charge is -2.19. The molecule has 116 valence electrons. The van der Waals surface area contributed by atoms with Crippen molar-refractivity contribution in [1.29, 1.82) is 5.26 Å². The third-order valence-electron chi connectivity index (χ3n) is 4.09. The number of carbonyl (C=O) groups is 1. The highest BCUT2D eigenvalue weighted by molar-refractivity contribution is 6.01. The van der Waals surface area contributed by atoms with Crippen LogP contribution in [0, 0.1) is 16.7 Å². The molecule has 1 atom stereocenters. The lowest BCUT2D eigenvalue weighted by atomic mass is 9.85. The van der Waals surface area contributed by atoms with E-state index in [1.807, 2.05) is 6.92 Å². The molecule has 0 saturated carbocycles. The average Bonchev–Trinajstić information content (AvgIpc) is 2.93. The first-order chi connectivity index (χ1) is 11.2. The van der Waals surface area contributed by atoms with E-state index in [1.165, 1.54) is 0 Å². The van der Waals surface area contributed by atoms with E-state index >= 15 is 0 Å². The molecule has 1 unspecified atom stereocenters. The second-order valence-electron chi connectivity index (χ2n) is 5.35. The molecule has 0 aliphatic carbocycles. The summed E-state index contributed by atoms with van der Waals surface area (Å²) in [7, 11) is 0. The summed E-state index contributed by atoms with van der Waals surface area (Å²) in [5.41, 5.74) is -0.117. The molecule has 2 aromatic rings. The molecule has 1 saturated heterocycles. The highest BCUT2D eigenvalue weighted by Crippen LogP contribution is 2.36. The summed E-state index contributed by atoms with van der Waals surface area (Å²) >= 11 is 0. The van der Waals surface area contributed by atoms with Crippen LogP contribution >= 0.6 is 0 Å². The number of anilines is 3. The molecule has 1 amide bonds. The van der Waals surface area contributed by atoms with Crippen LogP contribution in [0.15, 0.2) is 36.8 Å². The highest BCUT2D eigenvalue weighted by Gasteiger charge is 2.46. The van der Waals surface area contributed by atoms with Gasteiger partial charge in [0.1, 0.15) is 11.2 Å². The van der Waals surface area contributed by atoms with E-state index in [0.717, 1.165) is 5.69 Å². The van der Waals surface area contributed by atoms with E-state index in [-0.39, 0.29) is 5.91 Å². The zero-order valence-corrected chi connectivity index (χ0v) is 12.7. The molecular weight excluding hydrogens is 292 g/mol. The number of pyridine rings is 1. The molecule has 23 heavy (non-hydrogen) atoms. The quantitative estimate of drug-likeness (QED) is 0.931. The number of nitrogens with one attached hydrogen (secondary N) is 1. The van der Waals surface area contributed by atoms with Gasteiger partial charge < -0.3 is 5.32 Å². The summed E-state index contributed by atoms with van der Waals surface area (Å²) in [5, 5.41) is 12.4. The monoisotopic (exact) mass is 308 g/mol. The van der Waals surface area contributed by atoms with Crippen molar-refractivity contribution in [2.45, 2.75) is 19.8 Å². The van der Waals surface area contributed by atoms with Crippen LogP contribution in [0.3, 0.4) is 0 Å². The molecule has 0 aromatic carbocycles. The van der Waals surface area contributed by atoms with Crippen LogP contribution in [0.2, 0.25) is 0 Å². The molecule has 1 aliphatic heterocycles. The summed E-state index contributed by atoms with van der Waals surface area (Å²) in [6, 6.07) is 7.45. The zero-order valence-electron chi connectivity index (χ0n) is 12.7. The lowest BCUT2D eigenvalue weighted by Crippen LogP contribution is -2.33. The summed E-state index contributed by atoms with van der Waals surface area (Å²) in [6.45, 7) is 2.35. The normalized spacial score (nSPS) is 20.3. The molecular formula is C16H16N6O. The van der Waals surface area contributed by atoms with Gasteiger partial charge in [-0.15, -0.1) is 0 Å². The largest absolute Gasteiger partial charge is 0.324 e. The van der Waals surface area contributed by atoms with Gasteiger partial charge in [0.2, 0.25) is 11.9 Å². The SMILES string of the molecule is CCC1(C#N)CCN(c2ccnc(Nc3ccncc3)n2)C1=O. The Hall–Kier alpha value is -3.01. The fourth-order valence-electron chi connectivity index (χ4n) is 2.62. The molecule has 1 fully saturated rings. The van der Waals surface area contributed by atoms with Crippen LogP contribution < -0.4 is 10.2 Å². The van der Waals surface area contributed by atoms with Crippen LogP contribution in [0.4, 0.5) is 17.5 Å². The van der Waals surface area contributed by atoms with Crippen molar-refractivity contribution in [3.8, 4) is 6.07 Å². The zero-order chi connectivity index (χ0) is 16.3. The van der Waals surface area contributed by atoms with E-state index in [9.17, 15) is 10.1 Å². The Bertz CT molecular complexity index is 757. The van der Waals surface area contributed by atoms with Gasteiger partial charge in [0, 0.05) is 30.8 Å². The van der Waals surface area contributed by atoms with Gasteiger partial charge >= 0.3 is 0 Å². The van der Waals surface area contributed by atoms with Crippen LogP contribution in [-0.2, 0) is 4.79 Å². The number of nitriles is 1. The molecule has 3 heterocycles. The van der Waals surface area contributed by atoms with E-state index < -0.39 is 5.41 Å². The number of carbonyl (C=O) groups excluding carboxylic acids is 1. The molecule has 0 spiro atoms. The molecule has 0 bridgehead atoms. The number of amides is 1. The van der Waals surface area contributed by atoms with E-state index in [0.29, 0.717) is 31.2 Å². The van der Waals surface area contributed by atoms with Crippen molar-refractivity contribution in [2.75, 3.05) is 16.8 Å². The fourth-order valence-corrected chi connectivity index (χ4v) is 2.62. The molecule has 3 rings (SSSR count). The Kier molecular flexibility index (Phi) is 3.89. The first-order valence-electron chi connectivity index (χ1n) is 7.42. The number of hydrogen-bond acceptors (Lipinski definition) is 6. The maximum absolute atomic E-state index is 12.6. The summed E-state index contributed by atoms with van der Waals surface area (Å²) in [4.78, 5) is 26.6.